The van der Waals surface area contributed by atoms with Crippen LogP contribution in [0.5, 0.6) is 0 Å². The quantitative estimate of drug-likeness (QED) is 0.562. The number of hydrogen-bond donors (Lipinski definition) is 1. The third-order valence-corrected chi connectivity index (χ3v) is 5.27. The van der Waals surface area contributed by atoms with Gasteiger partial charge in [0.2, 0.25) is 5.91 Å². The average molecular weight is 372 g/mol. The molecule has 0 bridgehead atoms. The van der Waals surface area contributed by atoms with E-state index in [-0.39, 0.29) is 18.3 Å². The number of rotatable bonds is 8. The summed E-state index contributed by atoms with van der Waals surface area (Å²) in [6.07, 6.45) is 0.475. The lowest BCUT2D eigenvalue weighted by molar-refractivity contribution is -0.142. The van der Waals surface area contributed by atoms with E-state index >= 15 is 0 Å². The first kappa shape index (κ1) is 17.8. The highest BCUT2D eigenvalue weighted by atomic mass is 32.2. The van der Waals surface area contributed by atoms with E-state index < -0.39 is 0 Å². The molecule has 124 valence electrons. The summed E-state index contributed by atoms with van der Waals surface area (Å²) < 4.78 is 5.72. The second-order valence-corrected chi connectivity index (χ2v) is 7.74. The first-order valence-corrected chi connectivity index (χ1v) is 9.57. The molecule has 2 aromatic heterocycles. The standard InChI is InChI=1S/C13H16N4O3S3/c1-3-20-11(19)6-9-7-22-12(14-9)15-10(18)4-5-21-13-17-16-8(2)23-13/h7H,3-6H2,1-2H3,(H,14,15,18). The Bertz CT molecular complexity index is 671. The molecule has 0 aliphatic carbocycles. The van der Waals surface area contributed by atoms with Crippen molar-refractivity contribution in [3.05, 3.63) is 16.1 Å². The molecule has 0 aliphatic rings. The van der Waals surface area contributed by atoms with Gasteiger partial charge in [-0.15, -0.1) is 21.5 Å². The van der Waals surface area contributed by atoms with E-state index in [9.17, 15) is 9.59 Å². The van der Waals surface area contributed by atoms with Crippen molar-refractivity contribution in [1.29, 1.82) is 0 Å². The molecule has 0 aliphatic heterocycles. The summed E-state index contributed by atoms with van der Waals surface area (Å²) in [5.41, 5.74) is 0.600. The van der Waals surface area contributed by atoms with Gasteiger partial charge in [-0.05, 0) is 13.8 Å². The van der Waals surface area contributed by atoms with Crippen LogP contribution >= 0.6 is 34.4 Å². The molecule has 1 N–H and O–H groups in total. The Labute approximate surface area is 145 Å². The van der Waals surface area contributed by atoms with Gasteiger partial charge in [0.05, 0.1) is 18.7 Å². The predicted octanol–water partition coefficient (Wildman–Crippen LogP) is 2.53. The van der Waals surface area contributed by atoms with Gasteiger partial charge in [0.1, 0.15) is 5.01 Å². The second-order valence-electron chi connectivity index (χ2n) is 4.36. The Balaban J connectivity index is 1.72. The van der Waals surface area contributed by atoms with E-state index in [1.165, 1.54) is 34.4 Å². The lowest BCUT2D eigenvalue weighted by Gasteiger charge is -2.00. The molecular formula is C13H16N4O3S3. The van der Waals surface area contributed by atoms with Crippen molar-refractivity contribution in [3.63, 3.8) is 0 Å². The fourth-order valence-corrected chi connectivity index (χ4v) is 4.11. The maximum atomic E-state index is 11.9. The number of nitrogens with zero attached hydrogens (tertiary/aromatic N) is 3. The summed E-state index contributed by atoms with van der Waals surface area (Å²) in [4.78, 5) is 27.4. The van der Waals surface area contributed by atoms with Crippen molar-refractivity contribution in [2.75, 3.05) is 17.7 Å². The van der Waals surface area contributed by atoms with Gasteiger partial charge in [-0.2, -0.15) is 0 Å². The highest BCUT2D eigenvalue weighted by molar-refractivity contribution is 8.01. The molecule has 0 saturated heterocycles. The minimum atomic E-state index is -0.320. The van der Waals surface area contributed by atoms with Crippen molar-refractivity contribution in [2.45, 2.75) is 31.0 Å². The van der Waals surface area contributed by atoms with Crippen molar-refractivity contribution in [1.82, 2.24) is 15.2 Å². The first-order valence-electron chi connectivity index (χ1n) is 6.89. The number of carbonyl (C=O) groups excluding carboxylic acids is 2. The maximum absolute atomic E-state index is 11.9. The van der Waals surface area contributed by atoms with Gasteiger partial charge in [0.15, 0.2) is 9.47 Å². The fraction of sp³-hybridized carbons (Fsp3) is 0.462. The molecule has 0 aromatic carbocycles. The van der Waals surface area contributed by atoms with Gasteiger partial charge in [0.25, 0.3) is 0 Å². The topological polar surface area (TPSA) is 94.1 Å². The minimum Gasteiger partial charge on any atom is -0.466 e. The summed E-state index contributed by atoms with van der Waals surface area (Å²) in [5.74, 6) is 0.192. The van der Waals surface area contributed by atoms with Gasteiger partial charge in [0, 0.05) is 17.6 Å². The molecule has 10 heteroatoms. The number of anilines is 1. The SMILES string of the molecule is CCOC(=O)Cc1csc(NC(=O)CCSc2nnc(C)s2)n1. The first-order chi connectivity index (χ1) is 11.1. The number of aryl methyl sites for hydroxylation is 1. The molecule has 2 aromatic rings. The summed E-state index contributed by atoms with van der Waals surface area (Å²) in [5, 5.41) is 13.8. The Morgan fingerprint density at radius 2 is 2.22 bits per heavy atom. The third kappa shape index (κ3) is 6.24. The molecule has 0 saturated carbocycles. The number of thioether (sulfide) groups is 1. The van der Waals surface area contributed by atoms with Crippen molar-refractivity contribution in [3.8, 4) is 0 Å². The van der Waals surface area contributed by atoms with E-state index in [0.29, 0.717) is 29.6 Å². The molecule has 2 rings (SSSR count). The molecule has 7 nitrogen and oxygen atoms in total. The Morgan fingerprint density at radius 1 is 1.39 bits per heavy atom. The summed E-state index contributed by atoms with van der Waals surface area (Å²) >= 11 is 4.31. The Morgan fingerprint density at radius 3 is 2.91 bits per heavy atom. The van der Waals surface area contributed by atoms with Crippen molar-refractivity contribution < 1.29 is 14.3 Å². The summed E-state index contributed by atoms with van der Waals surface area (Å²) in [6.45, 7) is 3.99. The molecule has 0 fully saturated rings. The zero-order valence-corrected chi connectivity index (χ0v) is 15.1. The van der Waals surface area contributed by atoms with E-state index in [1.807, 2.05) is 6.92 Å². The molecule has 23 heavy (non-hydrogen) atoms. The lowest BCUT2D eigenvalue weighted by Crippen LogP contribution is -2.12. The van der Waals surface area contributed by atoms with Crippen LogP contribution in [0.1, 0.15) is 24.0 Å². The van der Waals surface area contributed by atoms with Crippen molar-refractivity contribution >= 4 is 51.4 Å². The number of aromatic nitrogens is 3. The van der Waals surface area contributed by atoms with Crippen LogP contribution in [0.4, 0.5) is 5.13 Å². The van der Waals surface area contributed by atoms with Gasteiger partial charge in [-0.3, -0.25) is 9.59 Å². The molecular weight excluding hydrogens is 356 g/mol. The highest BCUT2D eigenvalue weighted by Crippen LogP contribution is 2.22. The smallest absolute Gasteiger partial charge is 0.311 e. The number of amides is 1. The van der Waals surface area contributed by atoms with E-state index in [2.05, 4.69) is 20.5 Å². The minimum absolute atomic E-state index is 0.115. The number of esters is 1. The van der Waals surface area contributed by atoms with Crippen LogP contribution in [0.25, 0.3) is 0 Å². The zero-order valence-electron chi connectivity index (χ0n) is 12.7. The van der Waals surface area contributed by atoms with Crippen LogP contribution in [0.2, 0.25) is 0 Å². The maximum Gasteiger partial charge on any atom is 0.311 e. The van der Waals surface area contributed by atoms with E-state index in [4.69, 9.17) is 4.74 Å². The van der Waals surface area contributed by atoms with Crippen LogP contribution in [0.15, 0.2) is 9.72 Å². The third-order valence-electron chi connectivity index (χ3n) is 2.49. The zero-order chi connectivity index (χ0) is 16.7. The predicted molar refractivity (Wildman–Crippen MR) is 91.1 cm³/mol. The number of hydrogen-bond acceptors (Lipinski definition) is 9. The number of nitrogens with one attached hydrogen (secondary N) is 1. The van der Waals surface area contributed by atoms with Gasteiger partial charge >= 0.3 is 5.97 Å². The molecule has 0 radical (unpaired) electrons. The molecule has 0 atom stereocenters. The number of ether oxygens (including phenoxy) is 1. The van der Waals surface area contributed by atoms with Gasteiger partial charge in [-0.1, -0.05) is 23.1 Å². The van der Waals surface area contributed by atoms with E-state index in [1.54, 1.807) is 12.3 Å². The van der Waals surface area contributed by atoms with Crippen LogP contribution in [-0.2, 0) is 20.7 Å². The van der Waals surface area contributed by atoms with Gasteiger partial charge in [-0.25, -0.2) is 4.98 Å². The van der Waals surface area contributed by atoms with Crippen LogP contribution in [0, 0.1) is 6.92 Å². The Hall–Kier alpha value is -1.52. The number of carbonyl (C=O) groups is 2. The fourth-order valence-electron chi connectivity index (χ4n) is 1.56. The normalized spacial score (nSPS) is 10.5. The Kier molecular flexibility index (Phi) is 6.93. The molecule has 2 heterocycles. The molecule has 0 unspecified atom stereocenters. The average Bonchev–Trinajstić information content (AvgIpc) is 3.08. The number of thiazole rings is 1. The lowest BCUT2D eigenvalue weighted by atomic mass is 10.3. The monoisotopic (exact) mass is 372 g/mol. The van der Waals surface area contributed by atoms with Crippen LogP contribution in [-0.4, -0.2) is 39.4 Å². The van der Waals surface area contributed by atoms with Gasteiger partial charge < -0.3 is 10.1 Å². The second kappa shape index (κ2) is 8.94. The molecule has 1 amide bonds. The summed E-state index contributed by atoms with van der Waals surface area (Å²) in [7, 11) is 0. The van der Waals surface area contributed by atoms with Crippen molar-refractivity contribution in [2.24, 2.45) is 0 Å². The largest absolute Gasteiger partial charge is 0.466 e. The molecule has 0 spiro atoms. The highest BCUT2D eigenvalue weighted by Gasteiger charge is 2.11. The van der Waals surface area contributed by atoms with Crippen LogP contribution in [0.3, 0.4) is 0 Å². The van der Waals surface area contributed by atoms with E-state index in [0.717, 1.165) is 9.35 Å². The van der Waals surface area contributed by atoms with Crippen LogP contribution < -0.4 is 5.32 Å². The summed E-state index contributed by atoms with van der Waals surface area (Å²) in [6, 6.07) is 0.